The Hall–Kier alpha value is -7.07. The molecule has 7 N–H and O–H groups in total. The van der Waals surface area contributed by atoms with Gasteiger partial charge in [0.15, 0.2) is 17.4 Å². The molecule has 434 valence electrons. The van der Waals surface area contributed by atoms with Gasteiger partial charge >= 0.3 is 0 Å². The van der Waals surface area contributed by atoms with Crippen LogP contribution in [0.4, 0.5) is 28.7 Å². The molecule has 2 bridgehead atoms. The summed E-state index contributed by atoms with van der Waals surface area (Å²) >= 11 is 1.55. The summed E-state index contributed by atoms with van der Waals surface area (Å²) in [6.45, 7) is 14.3. The molecule has 1 unspecified atom stereocenters. The number of piperidine rings is 2. The van der Waals surface area contributed by atoms with Crippen LogP contribution in [0, 0.1) is 18.8 Å². The topological polar surface area (TPSA) is 251 Å². The monoisotopic (exact) mass is 1140 g/mol. The van der Waals surface area contributed by atoms with Crippen molar-refractivity contribution >= 4 is 51.8 Å². The van der Waals surface area contributed by atoms with Gasteiger partial charge in [0.25, 0.3) is 0 Å². The number of rotatable bonds is 17. The standard InChI is InChI=1S/C61H77N13O7S/c1-35(2)57(61(78)73-33-43(75)25-52(73)60(77)66-36(3)47-12-9-39(23-49(47)62)58-37(4)65-34-82-58)54-29-55(69-81-54)71-21-14-38(15-22-71)30-70-19-16-44(17-20-70)79-45-26-46(27-45)80-56-24-40(13-18-64-56)74-41-10-11-42(74)32-72(31-41)51-28-50(67-68-59(51)63)48-7-5-6-8-53(48)76/h5-9,12-13,18,23-24,28-29,34-36,38,41-46,52,57,75-76H,10-11,14-17,19-22,25-27,30-33,62H2,1-4H3,(H2,63,68)(H,66,77)/t36-,41+,42?,43+,45?,46?,52-,57-/m0/s1. The van der Waals surface area contributed by atoms with Gasteiger partial charge in [-0.25, -0.2) is 9.97 Å². The molecule has 6 fully saturated rings. The number of nitrogens with one attached hydrogen (secondary N) is 1. The summed E-state index contributed by atoms with van der Waals surface area (Å²) in [7, 11) is 0. The van der Waals surface area contributed by atoms with Crippen LogP contribution in [-0.2, 0) is 14.3 Å². The van der Waals surface area contributed by atoms with Gasteiger partial charge in [-0.15, -0.1) is 21.5 Å². The second-order valence-corrected chi connectivity index (χ2v) is 24.9. The predicted molar refractivity (Wildman–Crippen MR) is 316 cm³/mol. The predicted octanol–water partition coefficient (Wildman–Crippen LogP) is 7.57. The number of anilines is 5. The number of para-hydroxylation sites is 1. The number of nitrogens with zero attached hydrogens (tertiary/aromatic N) is 10. The van der Waals surface area contributed by atoms with E-state index in [-0.39, 0.29) is 54.8 Å². The third-order valence-corrected chi connectivity index (χ3v) is 19.1. The van der Waals surface area contributed by atoms with Crippen LogP contribution in [0.3, 0.4) is 0 Å². The van der Waals surface area contributed by atoms with Gasteiger partial charge in [-0.05, 0) is 106 Å². The molecule has 2 amide bonds. The SMILES string of the molecule is Cc1ncsc1-c1ccc([C@H](C)NC(=O)[C@@H]2C[C@@H](O)CN2C(=O)[C@H](c2cc(N3CCC(CN4CCC(OC5CC(Oc6cc(N7C8CC[C@@H]7CN(c7cc(-c9ccccc9O)nnc7N)C8)ccn6)C5)CC4)CC3)no2)C(C)C)c(N)c1. The van der Waals surface area contributed by atoms with Crippen LogP contribution >= 0.6 is 11.3 Å². The fraction of sp³-hybridized carbons (Fsp3) is 0.525. The quantitative estimate of drug-likeness (QED) is 0.0552. The number of fused-ring (bicyclic) bond motifs is 2. The number of pyridine rings is 1. The lowest BCUT2D eigenvalue weighted by atomic mass is 9.91. The van der Waals surface area contributed by atoms with Crippen molar-refractivity contribution in [1.29, 1.82) is 0 Å². The van der Waals surface area contributed by atoms with Gasteiger partial charge in [0.05, 0.1) is 51.8 Å². The fourth-order valence-electron chi connectivity index (χ4n) is 13.6. The normalized spacial score (nSPS) is 24.2. The number of aromatic hydroxyl groups is 1. The van der Waals surface area contributed by atoms with E-state index in [4.69, 9.17) is 25.5 Å². The van der Waals surface area contributed by atoms with E-state index in [9.17, 15) is 19.8 Å². The van der Waals surface area contributed by atoms with Crippen molar-refractivity contribution in [1.82, 2.24) is 40.4 Å². The number of nitrogen functional groups attached to an aromatic ring is 2. The van der Waals surface area contributed by atoms with Gasteiger partial charge < -0.3 is 65.5 Å². The number of aryl methyl sites for hydroxylation is 1. The molecule has 1 aliphatic carbocycles. The Morgan fingerprint density at radius 3 is 2.33 bits per heavy atom. The molecule has 12 rings (SSSR count). The summed E-state index contributed by atoms with van der Waals surface area (Å²) in [4.78, 5) is 49.6. The largest absolute Gasteiger partial charge is 0.507 e. The highest BCUT2D eigenvalue weighted by Gasteiger charge is 2.45. The van der Waals surface area contributed by atoms with Crippen LogP contribution in [0.2, 0.25) is 0 Å². The van der Waals surface area contributed by atoms with Crippen LogP contribution in [-0.4, -0.2) is 152 Å². The summed E-state index contributed by atoms with van der Waals surface area (Å²) < 4.78 is 19.1. The minimum atomic E-state index is -0.846. The number of thiazole rings is 1. The van der Waals surface area contributed by atoms with Gasteiger partial charge in [0.1, 0.15) is 23.8 Å². The van der Waals surface area contributed by atoms with Crippen molar-refractivity contribution in [3.8, 4) is 33.3 Å². The number of amides is 2. The number of aliphatic hydroxyl groups excluding tert-OH is 1. The molecular formula is C61H77N13O7S. The highest BCUT2D eigenvalue weighted by Crippen LogP contribution is 2.41. The Morgan fingerprint density at radius 1 is 0.841 bits per heavy atom. The molecule has 6 aliphatic rings. The Kier molecular flexibility index (Phi) is 16.0. The van der Waals surface area contributed by atoms with Crippen LogP contribution in [0.1, 0.15) is 108 Å². The van der Waals surface area contributed by atoms with Crippen LogP contribution in [0.25, 0.3) is 21.7 Å². The van der Waals surface area contributed by atoms with E-state index in [2.05, 4.69) is 62.4 Å². The number of likely N-dealkylation sites (tertiary alicyclic amines) is 2. The zero-order valence-electron chi connectivity index (χ0n) is 47.3. The molecule has 9 heterocycles. The molecule has 1 saturated carbocycles. The first-order chi connectivity index (χ1) is 39.7. The van der Waals surface area contributed by atoms with E-state index in [0.717, 1.165) is 136 Å². The Labute approximate surface area is 483 Å². The number of carbonyl (C=O) groups excluding carboxylic acids is 2. The third-order valence-electron chi connectivity index (χ3n) is 18.1. The van der Waals surface area contributed by atoms with E-state index in [1.165, 1.54) is 4.90 Å². The minimum Gasteiger partial charge on any atom is -0.507 e. The van der Waals surface area contributed by atoms with E-state index >= 15 is 0 Å². The number of aliphatic hydroxyl groups is 1. The van der Waals surface area contributed by atoms with Crippen molar-refractivity contribution in [3.05, 3.63) is 95.5 Å². The Bertz CT molecular complexity index is 3210. The second kappa shape index (κ2) is 23.7. The second-order valence-electron chi connectivity index (χ2n) is 24.0. The van der Waals surface area contributed by atoms with Gasteiger partial charge in [0.2, 0.25) is 17.7 Å². The number of ether oxygens (including phenoxy) is 2. The molecule has 6 aromatic rings. The zero-order chi connectivity index (χ0) is 56.8. The van der Waals surface area contributed by atoms with Crippen molar-refractivity contribution in [3.63, 3.8) is 0 Å². The van der Waals surface area contributed by atoms with Gasteiger partial charge in [-0.2, -0.15) is 0 Å². The maximum absolute atomic E-state index is 14.4. The Morgan fingerprint density at radius 2 is 1.61 bits per heavy atom. The van der Waals surface area contributed by atoms with Crippen molar-refractivity contribution in [2.24, 2.45) is 11.8 Å². The van der Waals surface area contributed by atoms with Crippen LogP contribution < -0.4 is 36.2 Å². The van der Waals surface area contributed by atoms with Gasteiger partial charge in [0, 0.05) is 119 Å². The number of hydrogen-bond donors (Lipinski definition) is 5. The molecule has 6 atom stereocenters. The summed E-state index contributed by atoms with van der Waals surface area (Å²) in [5.74, 6) is 1.56. The summed E-state index contributed by atoms with van der Waals surface area (Å²) in [6.07, 6.45) is 9.73. The summed E-state index contributed by atoms with van der Waals surface area (Å²) in [6, 6.07) is 20.3. The number of aromatic nitrogens is 5. The van der Waals surface area contributed by atoms with E-state index in [1.807, 2.05) is 81.9 Å². The molecule has 5 aliphatic heterocycles. The molecular weight excluding hydrogens is 1060 g/mol. The average Bonchev–Trinajstić information content (AvgIpc) is 3.95. The van der Waals surface area contributed by atoms with Crippen LogP contribution in [0.15, 0.2) is 83.0 Å². The number of β-amino-alcohol motifs (C(OH)–C–C–N with tert-alkyl or cyclic N) is 1. The maximum Gasteiger partial charge on any atom is 0.243 e. The molecule has 2 aromatic carbocycles. The summed E-state index contributed by atoms with van der Waals surface area (Å²) in [5.41, 5.74) is 21.2. The number of phenolic OH excluding ortho intramolecular Hbond substituents is 1. The Balaban J connectivity index is 0.567. The number of nitrogens with two attached hydrogens (primary N) is 2. The van der Waals surface area contributed by atoms with Crippen molar-refractivity contribution < 1.29 is 33.8 Å². The molecule has 21 heteroatoms. The smallest absolute Gasteiger partial charge is 0.243 e. The lowest BCUT2D eigenvalue weighted by Crippen LogP contribution is -2.54. The van der Waals surface area contributed by atoms with E-state index in [0.29, 0.717) is 52.4 Å². The maximum atomic E-state index is 14.4. The van der Waals surface area contributed by atoms with Gasteiger partial charge in [-0.1, -0.05) is 43.3 Å². The summed E-state index contributed by atoms with van der Waals surface area (Å²) in [5, 5.41) is 37.4. The van der Waals surface area contributed by atoms with Crippen molar-refractivity contribution in [2.45, 2.75) is 140 Å². The van der Waals surface area contributed by atoms with E-state index < -0.39 is 24.1 Å². The zero-order valence-corrected chi connectivity index (χ0v) is 48.2. The first-order valence-electron chi connectivity index (χ1n) is 29.4. The minimum absolute atomic E-state index is 0.0588. The van der Waals surface area contributed by atoms with Gasteiger partial charge in [-0.3, -0.25) is 9.59 Å². The highest BCUT2D eigenvalue weighted by atomic mass is 32.1. The van der Waals surface area contributed by atoms with Crippen molar-refractivity contribution in [2.75, 3.05) is 78.5 Å². The average molecular weight is 1140 g/mol. The number of hydrogen-bond acceptors (Lipinski definition) is 19. The number of phenols is 1. The molecule has 0 radical (unpaired) electrons. The molecule has 82 heavy (non-hydrogen) atoms. The number of carbonyl (C=O) groups is 2. The lowest BCUT2D eigenvalue weighted by Gasteiger charge is -2.43. The number of benzene rings is 2. The molecule has 20 nitrogen and oxygen atoms in total. The van der Waals surface area contributed by atoms with Crippen LogP contribution in [0.5, 0.6) is 11.6 Å². The first-order valence-corrected chi connectivity index (χ1v) is 30.3. The molecule has 5 saturated heterocycles. The third kappa shape index (κ3) is 11.7. The lowest BCUT2D eigenvalue weighted by molar-refractivity contribution is -0.141. The molecule has 4 aromatic heterocycles. The first kappa shape index (κ1) is 55.5. The highest BCUT2D eigenvalue weighted by molar-refractivity contribution is 7.13. The number of piperazine rings is 1. The molecule has 0 spiro atoms. The fourth-order valence-corrected chi connectivity index (χ4v) is 14.4. The van der Waals surface area contributed by atoms with E-state index in [1.54, 1.807) is 23.5 Å².